The Morgan fingerprint density at radius 1 is 1.18 bits per heavy atom. The zero-order valence-corrected chi connectivity index (χ0v) is 18.7. The molecule has 1 fully saturated rings. The number of rotatable bonds is 5. The molecule has 2 aromatic carbocycles. The zero-order valence-electron chi connectivity index (χ0n) is 18.7. The highest BCUT2D eigenvalue weighted by atomic mass is 19.1. The molecule has 10 heteroatoms. The molecule has 8 nitrogen and oxygen atoms in total. The first kappa shape index (κ1) is 22.2. The fraction of sp³-hybridized carbons (Fsp3) is 0.292. The maximum absolute atomic E-state index is 14.0. The molecule has 4 aromatic rings. The predicted molar refractivity (Wildman–Crippen MR) is 123 cm³/mol. The molecule has 1 aliphatic rings. The molecule has 2 atom stereocenters. The number of anilines is 1. The van der Waals surface area contributed by atoms with E-state index < -0.39 is 23.1 Å². The monoisotopic (exact) mass is 466 g/mol. The van der Waals surface area contributed by atoms with E-state index in [0.717, 1.165) is 48.4 Å². The average molecular weight is 466 g/mol. The average Bonchev–Trinajstić information content (AvgIpc) is 3.39. The van der Waals surface area contributed by atoms with E-state index in [0.29, 0.717) is 11.5 Å². The number of aromatic nitrogens is 4. The van der Waals surface area contributed by atoms with E-state index in [1.807, 2.05) is 18.2 Å². The highest BCUT2D eigenvalue weighted by molar-refractivity contribution is 6.06. The second kappa shape index (κ2) is 8.96. The molecule has 3 heterocycles. The summed E-state index contributed by atoms with van der Waals surface area (Å²) in [7, 11) is 0. The van der Waals surface area contributed by atoms with Crippen LogP contribution in [0.2, 0.25) is 0 Å². The lowest BCUT2D eigenvalue weighted by molar-refractivity contribution is -0.0704. The minimum atomic E-state index is -0.942. The fourth-order valence-electron chi connectivity index (χ4n) is 4.41. The van der Waals surface area contributed by atoms with Crippen LogP contribution in [0.1, 0.15) is 29.8 Å². The molecular weight excluding hydrogens is 442 g/mol. The molecule has 5 rings (SSSR count). The molecule has 0 radical (unpaired) electrons. The quantitative estimate of drug-likeness (QED) is 0.412. The minimum Gasteiger partial charge on any atom is -0.373 e. The first-order chi connectivity index (χ1) is 16.4. The Morgan fingerprint density at radius 3 is 2.65 bits per heavy atom. The number of ether oxygens (including phenoxy) is 1. The van der Waals surface area contributed by atoms with Gasteiger partial charge in [0.1, 0.15) is 22.9 Å². The van der Waals surface area contributed by atoms with Gasteiger partial charge >= 0.3 is 0 Å². The Balaban J connectivity index is 1.37. The van der Waals surface area contributed by atoms with Crippen molar-refractivity contribution in [3.8, 4) is 11.5 Å². The number of hydrogen-bond acceptors (Lipinski definition) is 5. The van der Waals surface area contributed by atoms with Crippen LogP contribution in [0.5, 0.6) is 0 Å². The van der Waals surface area contributed by atoms with Crippen LogP contribution in [0.15, 0.2) is 42.6 Å². The van der Waals surface area contributed by atoms with E-state index in [-0.39, 0.29) is 17.9 Å². The SMILES string of the molecule is CC1CN(Cc2ccc3nc(-c4[nH]ncc4NC(=O)c4c(F)cccc4F)[nH]c3c2)CC(C)O1. The van der Waals surface area contributed by atoms with Crippen LogP contribution in [-0.4, -0.2) is 56.3 Å². The zero-order chi connectivity index (χ0) is 23.8. The molecule has 0 aliphatic carbocycles. The van der Waals surface area contributed by atoms with E-state index in [1.165, 1.54) is 12.3 Å². The second-order valence-electron chi connectivity index (χ2n) is 8.60. The van der Waals surface area contributed by atoms with Crippen LogP contribution in [-0.2, 0) is 11.3 Å². The van der Waals surface area contributed by atoms with Crippen LogP contribution in [0.3, 0.4) is 0 Å². The third-order valence-electron chi connectivity index (χ3n) is 5.76. The van der Waals surface area contributed by atoms with Crippen LogP contribution in [0.25, 0.3) is 22.6 Å². The summed E-state index contributed by atoms with van der Waals surface area (Å²) < 4.78 is 33.8. The minimum absolute atomic E-state index is 0.193. The van der Waals surface area contributed by atoms with Gasteiger partial charge in [-0.25, -0.2) is 13.8 Å². The predicted octanol–water partition coefficient (Wildman–Crippen LogP) is 4.09. The van der Waals surface area contributed by atoms with Crippen LogP contribution >= 0.6 is 0 Å². The Bertz CT molecular complexity index is 1320. The van der Waals surface area contributed by atoms with Crippen molar-refractivity contribution in [1.29, 1.82) is 0 Å². The van der Waals surface area contributed by atoms with E-state index in [1.54, 1.807) is 0 Å². The van der Waals surface area contributed by atoms with Gasteiger partial charge in [-0.2, -0.15) is 5.10 Å². The second-order valence-corrected chi connectivity index (χ2v) is 8.60. The molecule has 34 heavy (non-hydrogen) atoms. The summed E-state index contributed by atoms with van der Waals surface area (Å²) in [6, 6.07) is 9.27. The molecule has 3 N–H and O–H groups in total. The number of benzene rings is 2. The third-order valence-corrected chi connectivity index (χ3v) is 5.76. The van der Waals surface area contributed by atoms with Gasteiger partial charge in [0.05, 0.1) is 35.1 Å². The van der Waals surface area contributed by atoms with Crippen molar-refractivity contribution >= 4 is 22.6 Å². The van der Waals surface area contributed by atoms with Crippen molar-refractivity contribution in [2.24, 2.45) is 0 Å². The number of halogens is 2. The van der Waals surface area contributed by atoms with Crippen molar-refractivity contribution in [3.05, 3.63) is 65.4 Å². The maximum atomic E-state index is 14.0. The number of amides is 1. The number of morpholine rings is 1. The topological polar surface area (TPSA) is 98.9 Å². The van der Waals surface area contributed by atoms with E-state index >= 15 is 0 Å². The largest absolute Gasteiger partial charge is 0.373 e. The lowest BCUT2D eigenvalue weighted by Gasteiger charge is -2.35. The molecule has 176 valence electrons. The van der Waals surface area contributed by atoms with Crippen molar-refractivity contribution in [2.75, 3.05) is 18.4 Å². The summed E-state index contributed by atoms with van der Waals surface area (Å²) in [6.45, 7) is 6.69. The summed E-state index contributed by atoms with van der Waals surface area (Å²) >= 11 is 0. The summed E-state index contributed by atoms with van der Waals surface area (Å²) in [6.07, 6.45) is 1.75. The highest BCUT2D eigenvalue weighted by Gasteiger charge is 2.23. The van der Waals surface area contributed by atoms with Gasteiger partial charge in [-0.05, 0) is 43.7 Å². The third kappa shape index (κ3) is 4.42. The number of hydrogen-bond donors (Lipinski definition) is 3. The van der Waals surface area contributed by atoms with Gasteiger partial charge in [0.25, 0.3) is 5.91 Å². The van der Waals surface area contributed by atoms with Gasteiger partial charge in [-0.3, -0.25) is 14.8 Å². The van der Waals surface area contributed by atoms with Crippen molar-refractivity contribution in [1.82, 2.24) is 25.1 Å². The van der Waals surface area contributed by atoms with Crippen LogP contribution in [0, 0.1) is 11.6 Å². The molecular formula is C24H24F2N6O2. The Hall–Kier alpha value is -3.63. The number of nitrogens with zero attached hydrogens (tertiary/aromatic N) is 3. The molecule has 2 unspecified atom stereocenters. The lowest BCUT2D eigenvalue weighted by atomic mass is 10.1. The Kier molecular flexibility index (Phi) is 5.84. The Morgan fingerprint density at radius 2 is 1.91 bits per heavy atom. The van der Waals surface area contributed by atoms with E-state index in [9.17, 15) is 13.6 Å². The van der Waals surface area contributed by atoms with Gasteiger partial charge in [-0.1, -0.05) is 12.1 Å². The molecule has 1 aliphatic heterocycles. The number of H-pyrrole nitrogens is 2. The molecule has 0 spiro atoms. The van der Waals surface area contributed by atoms with Crippen LogP contribution < -0.4 is 5.32 Å². The standard InChI is InChI=1S/C24H24F2N6O2/c1-13-10-32(11-14(2)34-13)12-15-6-7-18-19(8-15)29-23(28-18)22-20(9-27-31-22)30-24(33)21-16(25)4-3-5-17(21)26/h3-9,13-14H,10-12H2,1-2H3,(H,27,31)(H,28,29)(H,30,33). The van der Waals surface area contributed by atoms with Gasteiger partial charge < -0.3 is 15.0 Å². The molecule has 0 bridgehead atoms. The molecule has 2 aromatic heterocycles. The van der Waals surface area contributed by atoms with Crippen molar-refractivity contribution < 1.29 is 18.3 Å². The normalized spacial score (nSPS) is 18.9. The molecule has 1 amide bonds. The fourth-order valence-corrected chi connectivity index (χ4v) is 4.41. The Labute approximate surface area is 194 Å². The first-order valence-corrected chi connectivity index (χ1v) is 11.0. The summed E-state index contributed by atoms with van der Waals surface area (Å²) in [5, 5.41) is 9.27. The number of aromatic amines is 2. The highest BCUT2D eigenvalue weighted by Crippen LogP contribution is 2.27. The number of fused-ring (bicyclic) bond motifs is 1. The van der Waals surface area contributed by atoms with Crippen molar-refractivity contribution in [3.63, 3.8) is 0 Å². The number of nitrogens with one attached hydrogen (secondary N) is 3. The number of carbonyl (C=O) groups is 1. The van der Waals surface area contributed by atoms with Crippen molar-refractivity contribution in [2.45, 2.75) is 32.6 Å². The van der Waals surface area contributed by atoms with E-state index in [2.05, 4.69) is 44.2 Å². The summed E-state index contributed by atoms with van der Waals surface area (Å²) in [5.74, 6) is -2.35. The molecule has 0 saturated carbocycles. The summed E-state index contributed by atoms with van der Waals surface area (Å²) in [4.78, 5) is 22.7. The number of carbonyl (C=O) groups excluding carboxylic acids is 1. The summed E-state index contributed by atoms with van der Waals surface area (Å²) in [5.41, 5.74) is 2.71. The lowest BCUT2D eigenvalue weighted by Crippen LogP contribution is -2.44. The smallest absolute Gasteiger partial charge is 0.261 e. The maximum Gasteiger partial charge on any atom is 0.261 e. The first-order valence-electron chi connectivity index (χ1n) is 11.0. The van der Waals surface area contributed by atoms with Gasteiger partial charge in [-0.15, -0.1) is 0 Å². The molecule has 1 saturated heterocycles. The van der Waals surface area contributed by atoms with Gasteiger partial charge in [0.15, 0.2) is 5.82 Å². The van der Waals surface area contributed by atoms with E-state index in [4.69, 9.17) is 4.74 Å². The number of imidazole rings is 1. The van der Waals surface area contributed by atoms with Gasteiger partial charge in [0, 0.05) is 19.6 Å². The van der Waals surface area contributed by atoms with Gasteiger partial charge in [0.2, 0.25) is 0 Å². The van der Waals surface area contributed by atoms with Crippen LogP contribution in [0.4, 0.5) is 14.5 Å².